The molecule has 0 fully saturated rings. The smallest absolute Gasteiger partial charge is 0.303 e. The summed E-state index contributed by atoms with van der Waals surface area (Å²) >= 11 is 0. The van der Waals surface area contributed by atoms with Crippen LogP contribution in [0.4, 0.5) is 0 Å². The first-order valence-electron chi connectivity index (χ1n) is 9.40. The SMILES string of the molecule is CC(CCCCCCC(=O)O)(CCCCC(=O)O)CCCCC(=O)O. The van der Waals surface area contributed by atoms with Gasteiger partial charge in [-0.1, -0.05) is 39.0 Å². The topological polar surface area (TPSA) is 112 Å². The number of hydrogen-bond donors (Lipinski definition) is 3. The van der Waals surface area contributed by atoms with Gasteiger partial charge in [0, 0.05) is 19.3 Å². The van der Waals surface area contributed by atoms with Gasteiger partial charge in [0.1, 0.15) is 0 Å². The second-order valence-corrected chi connectivity index (χ2v) is 7.32. The van der Waals surface area contributed by atoms with E-state index >= 15 is 0 Å². The Hall–Kier alpha value is -1.59. The Balaban J connectivity index is 4.17. The Morgan fingerprint density at radius 2 is 0.840 bits per heavy atom. The number of carboxylic acids is 3. The van der Waals surface area contributed by atoms with Crippen molar-refractivity contribution in [3.63, 3.8) is 0 Å². The van der Waals surface area contributed by atoms with Crippen molar-refractivity contribution in [1.82, 2.24) is 0 Å². The molecule has 0 aromatic rings. The van der Waals surface area contributed by atoms with E-state index in [1.807, 2.05) is 0 Å². The van der Waals surface area contributed by atoms with Crippen molar-refractivity contribution in [1.29, 1.82) is 0 Å². The third kappa shape index (κ3) is 15.7. The average molecular weight is 358 g/mol. The summed E-state index contributed by atoms with van der Waals surface area (Å²) in [6, 6.07) is 0. The van der Waals surface area contributed by atoms with Crippen LogP contribution in [0.3, 0.4) is 0 Å². The molecule has 0 saturated heterocycles. The molecule has 146 valence electrons. The maximum atomic E-state index is 10.6. The number of carbonyl (C=O) groups is 3. The molecule has 0 atom stereocenters. The molecule has 0 aliphatic carbocycles. The van der Waals surface area contributed by atoms with Crippen LogP contribution in [0.25, 0.3) is 0 Å². The number of aliphatic carboxylic acids is 3. The van der Waals surface area contributed by atoms with Gasteiger partial charge in [0.25, 0.3) is 0 Å². The van der Waals surface area contributed by atoms with Gasteiger partial charge in [-0.2, -0.15) is 0 Å². The summed E-state index contributed by atoms with van der Waals surface area (Å²) in [4.78, 5) is 31.7. The van der Waals surface area contributed by atoms with Crippen LogP contribution in [0.5, 0.6) is 0 Å². The van der Waals surface area contributed by atoms with E-state index in [-0.39, 0.29) is 24.7 Å². The lowest BCUT2D eigenvalue weighted by molar-refractivity contribution is -0.138. The second-order valence-electron chi connectivity index (χ2n) is 7.32. The fraction of sp³-hybridized carbons (Fsp3) is 0.842. The molecule has 0 bridgehead atoms. The van der Waals surface area contributed by atoms with Crippen molar-refractivity contribution < 1.29 is 29.7 Å². The summed E-state index contributed by atoms with van der Waals surface area (Å²) < 4.78 is 0. The lowest BCUT2D eigenvalue weighted by Crippen LogP contribution is -2.17. The van der Waals surface area contributed by atoms with Crippen molar-refractivity contribution in [3.8, 4) is 0 Å². The van der Waals surface area contributed by atoms with Gasteiger partial charge in [-0.05, 0) is 43.9 Å². The van der Waals surface area contributed by atoms with Crippen LogP contribution in [0.1, 0.15) is 96.8 Å². The molecule has 0 aliphatic rings. The summed E-state index contributed by atoms with van der Waals surface area (Å²) in [5, 5.41) is 26.1. The van der Waals surface area contributed by atoms with Crippen LogP contribution in [0, 0.1) is 5.41 Å². The predicted octanol–water partition coefficient (Wildman–Crippen LogP) is 4.71. The van der Waals surface area contributed by atoms with Gasteiger partial charge in [-0.15, -0.1) is 0 Å². The molecule has 0 aromatic heterocycles. The lowest BCUT2D eigenvalue weighted by atomic mass is 9.76. The molecule has 0 unspecified atom stereocenters. The summed E-state index contributed by atoms with van der Waals surface area (Å²) in [7, 11) is 0. The first kappa shape index (κ1) is 23.4. The van der Waals surface area contributed by atoms with Gasteiger partial charge < -0.3 is 15.3 Å². The Bertz CT molecular complexity index is 383. The first-order chi connectivity index (χ1) is 11.7. The number of hydrogen-bond acceptors (Lipinski definition) is 3. The summed E-state index contributed by atoms with van der Waals surface area (Å²) in [5.41, 5.74) is 0.115. The van der Waals surface area contributed by atoms with E-state index in [4.69, 9.17) is 15.3 Å². The van der Waals surface area contributed by atoms with Crippen molar-refractivity contribution in [3.05, 3.63) is 0 Å². The highest BCUT2D eigenvalue weighted by Gasteiger charge is 2.23. The monoisotopic (exact) mass is 358 g/mol. The Kier molecular flexibility index (Phi) is 12.8. The molecule has 6 nitrogen and oxygen atoms in total. The fourth-order valence-electron chi connectivity index (χ4n) is 3.21. The molecule has 0 heterocycles. The third-order valence-electron chi connectivity index (χ3n) is 4.76. The van der Waals surface area contributed by atoms with Crippen LogP contribution >= 0.6 is 0 Å². The zero-order valence-electron chi connectivity index (χ0n) is 15.5. The minimum Gasteiger partial charge on any atom is -0.481 e. The van der Waals surface area contributed by atoms with E-state index in [9.17, 15) is 14.4 Å². The molecule has 0 aliphatic heterocycles. The lowest BCUT2D eigenvalue weighted by Gasteiger charge is -2.30. The van der Waals surface area contributed by atoms with Gasteiger partial charge in [0.15, 0.2) is 0 Å². The average Bonchev–Trinajstić information content (AvgIpc) is 2.51. The predicted molar refractivity (Wildman–Crippen MR) is 95.7 cm³/mol. The highest BCUT2D eigenvalue weighted by atomic mass is 16.4. The maximum Gasteiger partial charge on any atom is 0.303 e. The number of unbranched alkanes of at least 4 members (excludes halogenated alkanes) is 5. The first-order valence-corrected chi connectivity index (χ1v) is 9.40. The van der Waals surface area contributed by atoms with E-state index in [0.29, 0.717) is 19.3 Å². The van der Waals surface area contributed by atoms with Gasteiger partial charge in [-0.25, -0.2) is 0 Å². The minimum atomic E-state index is -0.762. The highest BCUT2D eigenvalue weighted by Crippen LogP contribution is 2.36. The quantitative estimate of drug-likeness (QED) is 0.325. The van der Waals surface area contributed by atoms with Crippen LogP contribution in [0.2, 0.25) is 0 Å². The molecule has 0 rings (SSSR count). The van der Waals surface area contributed by atoms with Gasteiger partial charge in [0.05, 0.1) is 0 Å². The molecule has 0 radical (unpaired) electrons. The van der Waals surface area contributed by atoms with Gasteiger partial charge in [0.2, 0.25) is 0 Å². The molecular weight excluding hydrogens is 324 g/mol. The summed E-state index contributed by atoms with van der Waals surface area (Å²) in [5.74, 6) is -2.27. The standard InChI is InChI=1S/C19H34O6/c1-19(14-8-5-11-17(22)23,15-9-6-12-18(24)25)13-7-3-2-4-10-16(20)21/h2-15H2,1H3,(H,20,21)(H,22,23)(H,24,25). The molecule has 0 saturated carbocycles. The van der Waals surface area contributed by atoms with E-state index in [0.717, 1.165) is 51.4 Å². The molecule has 25 heavy (non-hydrogen) atoms. The van der Waals surface area contributed by atoms with Crippen LogP contribution in [-0.2, 0) is 14.4 Å². The van der Waals surface area contributed by atoms with Crippen molar-refractivity contribution in [2.45, 2.75) is 96.8 Å². The third-order valence-corrected chi connectivity index (χ3v) is 4.76. The Morgan fingerprint density at radius 1 is 0.560 bits per heavy atom. The zero-order valence-corrected chi connectivity index (χ0v) is 15.5. The number of carboxylic acid groups (broad SMARTS) is 3. The maximum absolute atomic E-state index is 10.6. The van der Waals surface area contributed by atoms with Crippen LogP contribution < -0.4 is 0 Å². The van der Waals surface area contributed by atoms with E-state index in [2.05, 4.69) is 6.92 Å². The van der Waals surface area contributed by atoms with Gasteiger partial charge in [-0.3, -0.25) is 14.4 Å². The van der Waals surface area contributed by atoms with E-state index in [1.165, 1.54) is 0 Å². The normalized spacial score (nSPS) is 11.4. The molecule has 0 amide bonds. The van der Waals surface area contributed by atoms with E-state index in [1.54, 1.807) is 0 Å². The highest BCUT2D eigenvalue weighted by molar-refractivity contribution is 5.67. The van der Waals surface area contributed by atoms with Crippen LogP contribution in [0.15, 0.2) is 0 Å². The van der Waals surface area contributed by atoms with Gasteiger partial charge >= 0.3 is 17.9 Å². The molecule has 0 aromatic carbocycles. The van der Waals surface area contributed by atoms with E-state index < -0.39 is 17.9 Å². The molecular formula is C19H34O6. The second kappa shape index (κ2) is 13.7. The van der Waals surface area contributed by atoms with Crippen molar-refractivity contribution in [2.75, 3.05) is 0 Å². The van der Waals surface area contributed by atoms with Crippen molar-refractivity contribution in [2.24, 2.45) is 5.41 Å². The van der Waals surface area contributed by atoms with Crippen LogP contribution in [-0.4, -0.2) is 33.2 Å². The molecule has 6 heteroatoms. The molecule has 3 N–H and O–H groups in total. The Morgan fingerprint density at radius 3 is 1.20 bits per heavy atom. The Labute approximate surface area is 150 Å². The zero-order chi connectivity index (χ0) is 19.1. The molecule has 0 spiro atoms. The van der Waals surface area contributed by atoms with Crippen molar-refractivity contribution >= 4 is 17.9 Å². The largest absolute Gasteiger partial charge is 0.481 e. The number of rotatable bonds is 17. The summed E-state index contributed by atoms with van der Waals surface area (Å²) in [6.45, 7) is 2.21. The fourth-order valence-corrected chi connectivity index (χ4v) is 3.21. The summed E-state index contributed by atoms with van der Waals surface area (Å²) in [6.07, 6.45) is 10.4. The minimum absolute atomic E-state index is 0.115.